The van der Waals surface area contributed by atoms with Crippen LogP contribution in [0.15, 0.2) is 53.4 Å². The molecule has 5 nitrogen and oxygen atoms in total. The maximum atomic E-state index is 11.6. The molecule has 2 rings (SSSR count). The van der Waals surface area contributed by atoms with Gasteiger partial charge in [0.05, 0.1) is 11.5 Å². The molecule has 0 bridgehead atoms. The van der Waals surface area contributed by atoms with Gasteiger partial charge in [-0.05, 0) is 29.3 Å². The van der Waals surface area contributed by atoms with Gasteiger partial charge in [0, 0.05) is 5.92 Å². The van der Waals surface area contributed by atoms with Gasteiger partial charge in [0.1, 0.15) is 5.75 Å². The highest BCUT2D eigenvalue weighted by Gasteiger charge is 2.21. The lowest BCUT2D eigenvalue weighted by molar-refractivity contribution is 0.279. The van der Waals surface area contributed by atoms with Crippen molar-refractivity contribution in [3.63, 3.8) is 0 Å². The Morgan fingerprint density at radius 2 is 1.65 bits per heavy atom. The minimum Gasteiger partial charge on any atom is -0.508 e. The third-order valence-corrected chi connectivity index (χ3v) is 4.06. The fraction of sp³-hybridized carbons (Fsp3) is 0.143. The van der Waals surface area contributed by atoms with Gasteiger partial charge >= 0.3 is 0 Å². The molecular formula is C14H15NO4S. The fourth-order valence-electron chi connectivity index (χ4n) is 2.12. The molecular weight excluding hydrogens is 278 g/mol. The van der Waals surface area contributed by atoms with Crippen LogP contribution in [0.3, 0.4) is 0 Å². The number of benzene rings is 2. The van der Waals surface area contributed by atoms with Crippen molar-refractivity contribution in [3.05, 3.63) is 59.7 Å². The first-order chi connectivity index (χ1) is 9.43. The lowest BCUT2D eigenvalue weighted by Gasteiger charge is -2.18. The van der Waals surface area contributed by atoms with Crippen molar-refractivity contribution in [2.75, 3.05) is 6.61 Å². The normalized spacial score (nSPS) is 13.1. The first kappa shape index (κ1) is 14.5. The molecule has 0 radical (unpaired) electrons. The van der Waals surface area contributed by atoms with E-state index in [4.69, 9.17) is 5.14 Å². The number of hydrogen-bond acceptors (Lipinski definition) is 4. The van der Waals surface area contributed by atoms with Gasteiger partial charge in [-0.25, -0.2) is 13.6 Å². The first-order valence-electron chi connectivity index (χ1n) is 5.95. The number of nitrogens with two attached hydrogens (primary N) is 1. The van der Waals surface area contributed by atoms with Gasteiger partial charge in [0.15, 0.2) is 0 Å². The van der Waals surface area contributed by atoms with E-state index < -0.39 is 15.9 Å². The maximum Gasteiger partial charge on any atom is 0.238 e. The highest BCUT2D eigenvalue weighted by Crippen LogP contribution is 2.29. The topological polar surface area (TPSA) is 101 Å². The van der Waals surface area contributed by atoms with Crippen LogP contribution in [-0.4, -0.2) is 25.2 Å². The van der Waals surface area contributed by atoms with Crippen LogP contribution in [0.1, 0.15) is 17.0 Å². The zero-order chi connectivity index (χ0) is 14.8. The van der Waals surface area contributed by atoms with Crippen molar-refractivity contribution < 1.29 is 18.6 Å². The zero-order valence-electron chi connectivity index (χ0n) is 10.6. The summed E-state index contributed by atoms with van der Waals surface area (Å²) in [4.78, 5) is -0.00729. The summed E-state index contributed by atoms with van der Waals surface area (Å²) in [6.45, 7) is -0.267. The van der Waals surface area contributed by atoms with Gasteiger partial charge in [0.25, 0.3) is 0 Å². The second-order valence-electron chi connectivity index (χ2n) is 4.41. The zero-order valence-corrected chi connectivity index (χ0v) is 11.4. The van der Waals surface area contributed by atoms with E-state index >= 15 is 0 Å². The number of phenolic OH excluding ortho intramolecular Hbond substituents is 1. The molecule has 0 aliphatic rings. The van der Waals surface area contributed by atoms with Crippen LogP contribution in [0.4, 0.5) is 0 Å². The summed E-state index contributed by atoms with van der Waals surface area (Å²) in [5.74, 6) is -0.421. The molecule has 4 N–H and O–H groups in total. The molecule has 0 aromatic heterocycles. The van der Waals surface area contributed by atoms with Crippen molar-refractivity contribution in [1.82, 2.24) is 0 Å². The molecule has 0 fully saturated rings. The Balaban J connectivity index is 2.56. The molecule has 0 saturated heterocycles. The first-order valence-corrected chi connectivity index (χ1v) is 7.49. The Labute approximate surface area is 117 Å². The van der Waals surface area contributed by atoms with E-state index in [1.165, 1.54) is 18.2 Å². The van der Waals surface area contributed by atoms with E-state index in [1.807, 2.05) is 0 Å². The molecule has 0 spiro atoms. The second kappa shape index (κ2) is 5.62. The second-order valence-corrected chi connectivity index (χ2v) is 5.94. The van der Waals surface area contributed by atoms with E-state index in [2.05, 4.69) is 0 Å². The Morgan fingerprint density at radius 3 is 2.20 bits per heavy atom. The molecule has 0 amide bonds. The van der Waals surface area contributed by atoms with Crippen molar-refractivity contribution in [1.29, 1.82) is 0 Å². The quantitative estimate of drug-likeness (QED) is 0.787. The number of rotatable bonds is 4. The minimum absolute atomic E-state index is 0.00729. The molecule has 2 aromatic rings. The molecule has 0 unspecified atom stereocenters. The van der Waals surface area contributed by atoms with Crippen LogP contribution in [0.5, 0.6) is 5.75 Å². The average Bonchev–Trinajstić information content (AvgIpc) is 2.41. The standard InChI is InChI=1S/C14H15NO4S/c15-20(18,19)14-4-2-1-3-12(14)13(9-16)10-5-7-11(17)8-6-10/h1-8,13,16-17H,9H2,(H2,15,18,19)/t13-/m1/s1. The SMILES string of the molecule is NS(=O)(=O)c1ccccc1[C@H](CO)c1ccc(O)cc1. The van der Waals surface area contributed by atoms with Crippen molar-refractivity contribution in [2.24, 2.45) is 5.14 Å². The summed E-state index contributed by atoms with van der Waals surface area (Å²) in [6.07, 6.45) is 0. The monoisotopic (exact) mass is 293 g/mol. The molecule has 0 aliphatic heterocycles. The molecule has 1 atom stereocenters. The smallest absolute Gasteiger partial charge is 0.238 e. The molecule has 106 valence electrons. The van der Waals surface area contributed by atoms with Crippen LogP contribution in [-0.2, 0) is 10.0 Å². The lowest BCUT2D eigenvalue weighted by Crippen LogP contribution is -2.17. The van der Waals surface area contributed by atoms with Gasteiger partial charge in [-0.1, -0.05) is 30.3 Å². The molecule has 6 heteroatoms. The number of phenols is 1. The summed E-state index contributed by atoms with van der Waals surface area (Å²) in [5, 5.41) is 24.1. The van der Waals surface area contributed by atoms with Crippen molar-refractivity contribution in [2.45, 2.75) is 10.8 Å². The van der Waals surface area contributed by atoms with E-state index in [0.29, 0.717) is 11.1 Å². The Kier molecular flexibility index (Phi) is 4.08. The van der Waals surface area contributed by atoms with E-state index in [-0.39, 0.29) is 17.3 Å². The fourth-order valence-corrected chi connectivity index (χ4v) is 2.92. The van der Waals surface area contributed by atoms with E-state index in [9.17, 15) is 18.6 Å². The lowest BCUT2D eigenvalue weighted by atomic mass is 9.92. The Bertz CT molecular complexity index is 695. The van der Waals surface area contributed by atoms with Gasteiger partial charge < -0.3 is 10.2 Å². The summed E-state index contributed by atoms with van der Waals surface area (Å²) in [6, 6.07) is 12.5. The molecule has 20 heavy (non-hydrogen) atoms. The van der Waals surface area contributed by atoms with E-state index in [0.717, 1.165) is 0 Å². The Hall–Kier alpha value is -1.89. The van der Waals surface area contributed by atoms with Crippen LogP contribution in [0.25, 0.3) is 0 Å². The molecule has 2 aromatic carbocycles. The number of aromatic hydroxyl groups is 1. The number of aliphatic hydroxyl groups excluding tert-OH is 1. The van der Waals surface area contributed by atoms with Crippen LogP contribution in [0.2, 0.25) is 0 Å². The predicted molar refractivity (Wildman–Crippen MR) is 74.9 cm³/mol. The molecule has 0 heterocycles. The Morgan fingerprint density at radius 1 is 1.05 bits per heavy atom. The largest absolute Gasteiger partial charge is 0.508 e. The van der Waals surface area contributed by atoms with Gasteiger partial charge in [0.2, 0.25) is 10.0 Å². The van der Waals surface area contributed by atoms with Gasteiger partial charge in [-0.3, -0.25) is 0 Å². The maximum absolute atomic E-state index is 11.6. The third-order valence-electron chi connectivity index (χ3n) is 3.08. The molecule has 0 aliphatic carbocycles. The third kappa shape index (κ3) is 2.98. The average molecular weight is 293 g/mol. The van der Waals surface area contributed by atoms with Gasteiger partial charge in [-0.2, -0.15) is 0 Å². The predicted octanol–water partition coefficient (Wildman–Crippen LogP) is 1.16. The van der Waals surface area contributed by atoms with Crippen LogP contribution in [0, 0.1) is 0 Å². The van der Waals surface area contributed by atoms with Crippen LogP contribution < -0.4 is 5.14 Å². The van der Waals surface area contributed by atoms with Crippen LogP contribution >= 0.6 is 0 Å². The van der Waals surface area contributed by atoms with Gasteiger partial charge in [-0.15, -0.1) is 0 Å². The number of hydrogen-bond donors (Lipinski definition) is 3. The summed E-state index contributed by atoms with van der Waals surface area (Å²) >= 11 is 0. The highest BCUT2D eigenvalue weighted by molar-refractivity contribution is 7.89. The number of aliphatic hydroxyl groups is 1. The van der Waals surface area contributed by atoms with Crippen molar-refractivity contribution >= 4 is 10.0 Å². The number of primary sulfonamides is 1. The molecule has 0 saturated carbocycles. The van der Waals surface area contributed by atoms with E-state index in [1.54, 1.807) is 30.3 Å². The minimum atomic E-state index is -3.87. The van der Waals surface area contributed by atoms with Crippen molar-refractivity contribution in [3.8, 4) is 5.75 Å². The number of sulfonamides is 1. The summed E-state index contributed by atoms with van der Waals surface area (Å²) < 4.78 is 23.2. The summed E-state index contributed by atoms with van der Waals surface area (Å²) in [7, 11) is -3.87. The highest BCUT2D eigenvalue weighted by atomic mass is 32.2. The summed E-state index contributed by atoms with van der Waals surface area (Å²) in [5.41, 5.74) is 1.13.